The summed E-state index contributed by atoms with van der Waals surface area (Å²) >= 11 is 0. The van der Waals surface area contributed by atoms with Crippen molar-refractivity contribution in [3.63, 3.8) is 0 Å². The van der Waals surface area contributed by atoms with Crippen LogP contribution >= 0.6 is 0 Å². The van der Waals surface area contributed by atoms with Gasteiger partial charge in [-0.05, 0) is 85.4 Å². The van der Waals surface area contributed by atoms with Crippen molar-refractivity contribution in [2.45, 2.75) is 76.9 Å². The van der Waals surface area contributed by atoms with Crippen LogP contribution in [-0.2, 0) is 23.8 Å². The van der Waals surface area contributed by atoms with Gasteiger partial charge in [0.2, 0.25) is 0 Å². The maximum absolute atomic E-state index is 13.4. The van der Waals surface area contributed by atoms with Crippen molar-refractivity contribution in [1.29, 1.82) is 0 Å². The normalized spacial score (nSPS) is 45.4. The number of hydrogen-bond donors (Lipinski definition) is 1. The highest BCUT2D eigenvalue weighted by atomic mass is 19.4. The van der Waals surface area contributed by atoms with Gasteiger partial charge in [0, 0.05) is 5.41 Å². The van der Waals surface area contributed by atoms with Gasteiger partial charge in [-0.3, -0.25) is 9.59 Å². The van der Waals surface area contributed by atoms with Gasteiger partial charge in [0.1, 0.15) is 0 Å². The summed E-state index contributed by atoms with van der Waals surface area (Å²) in [5.74, 6) is -4.86. The highest BCUT2D eigenvalue weighted by Crippen LogP contribution is 2.65. The Morgan fingerprint density at radius 2 is 1.44 bits per heavy atom. The first-order valence-corrected chi connectivity index (χ1v) is 14.8. The first-order chi connectivity index (χ1) is 19.0. The molecule has 2 saturated heterocycles. The molecule has 4 bridgehead atoms. The molecule has 4 aliphatic carbocycles. The predicted octanol–water partition coefficient (Wildman–Crippen LogP) is 5.17. The zero-order chi connectivity index (χ0) is 29.9. The van der Waals surface area contributed by atoms with E-state index in [9.17, 15) is 41.0 Å². The lowest BCUT2D eigenvalue weighted by molar-refractivity contribution is -0.373. The van der Waals surface area contributed by atoms with E-state index in [-0.39, 0.29) is 47.5 Å². The number of halogens is 6. The molecule has 0 radical (unpaired) electrons. The summed E-state index contributed by atoms with van der Waals surface area (Å²) < 4.78 is 97.5. The minimum Gasteiger partial charge on any atom is -0.393 e. The number of carbonyl (C=O) groups is 2. The van der Waals surface area contributed by atoms with E-state index in [1.807, 2.05) is 0 Å². The Kier molecular flexibility index (Phi) is 6.91. The molecule has 12 heteroatoms. The summed E-state index contributed by atoms with van der Waals surface area (Å²) in [7, 11) is 0. The molecule has 6 rings (SSSR count). The third kappa shape index (κ3) is 4.47. The molecule has 0 aromatic rings. The number of aliphatic hydroxyl groups is 1. The molecule has 232 valence electrons. The lowest BCUT2D eigenvalue weighted by Crippen LogP contribution is -2.58. The number of fused-ring (bicyclic) bond motifs is 4. The van der Waals surface area contributed by atoms with Crippen LogP contribution in [0.1, 0.15) is 52.9 Å². The molecule has 6 aliphatic rings. The maximum atomic E-state index is 13.4. The van der Waals surface area contributed by atoms with E-state index in [2.05, 4.69) is 13.8 Å². The summed E-state index contributed by atoms with van der Waals surface area (Å²) in [6.45, 7) is 7.76. The number of ether oxygens (including phenoxy) is 3. The van der Waals surface area contributed by atoms with E-state index in [1.165, 1.54) is 0 Å². The van der Waals surface area contributed by atoms with Crippen molar-refractivity contribution < 1.29 is 55.2 Å². The molecule has 2 heterocycles. The predicted molar refractivity (Wildman–Crippen MR) is 130 cm³/mol. The molecule has 1 N–H and O–H groups in total. The second kappa shape index (κ2) is 9.55. The van der Waals surface area contributed by atoms with Crippen LogP contribution in [0.2, 0.25) is 0 Å². The van der Waals surface area contributed by atoms with Gasteiger partial charge in [0.15, 0.2) is 0 Å². The number of hydrogen-bond acceptors (Lipinski definition) is 6. The quantitative estimate of drug-likeness (QED) is 0.248. The molecule has 6 nitrogen and oxygen atoms in total. The zero-order valence-corrected chi connectivity index (χ0v) is 23.3. The maximum Gasteiger partial charge on any atom is 0.426 e. The Balaban J connectivity index is 1.20. The summed E-state index contributed by atoms with van der Waals surface area (Å²) in [5, 5.41) is 9.84. The number of alkyl halides is 6. The second-order valence-corrected chi connectivity index (χ2v) is 14.4. The van der Waals surface area contributed by atoms with Crippen LogP contribution in [-0.4, -0.2) is 60.9 Å². The highest BCUT2D eigenvalue weighted by molar-refractivity contribution is 5.97. The van der Waals surface area contributed by atoms with Gasteiger partial charge in [-0.2, -0.15) is 26.3 Å². The average molecular weight is 597 g/mol. The SMILES string of the molecule is CC1C2CC(CC2CC(O)(C(F)(F)F)C(F)(F)F)C1C1C(=O)OC(=O)C1C1C(C)C2CC(OCC3(C)COC3)C1C2. The molecule has 0 aromatic heterocycles. The van der Waals surface area contributed by atoms with Crippen LogP contribution in [0.25, 0.3) is 0 Å². The van der Waals surface area contributed by atoms with E-state index in [4.69, 9.17) is 14.2 Å². The van der Waals surface area contributed by atoms with Gasteiger partial charge in [0.25, 0.3) is 5.60 Å². The minimum atomic E-state index is -5.86. The van der Waals surface area contributed by atoms with Crippen molar-refractivity contribution in [3.05, 3.63) is 0 Å². The minimum absolute atomic E-state index is 0.0345. The standard InChI is InChI=1S/C29H38F6O6/c1-12-14-5-18(19(7-14)40-11-26(3)9-39-10-26)21(12)23-22(24(36)41-25(23)37)20-13(2)17-6-15(20)4-16(17)8-27(38,28(30,31)32)29(33,34)35/h12-23,38H,4-11H2,1-3H3. The fraction of sp³-hybridized carbons (Fsp3) is 0.931. The Labute approximate surface area is 234 Å². The Bertz CT molecular complexity index is 1050. The number of carbonyl (C=O) groups excluding carboxylic acids is 2. The van der Waals surface area contributed by atoms with Crippen LogP contribution in [0.3, 0.4) is 0 Å². The van der Waals surface area contributed by atoms with E-state index in [0.717, 1.165) is 12.8 Å². The lowest BCUT2D eigenvalue weighted by atomic mass is 9.60. The molecule has 0 aromatic carbocycles. The summed E-state index contributed by atoms with van der Waals surface area (Å²) in [6.07, 6.45) is -11.1. The fourth-order valence-corrected chi connectivity index (χ4v) is 10.1. The highest BCUT2D eigenvalue weighted by Gasteiger charge is 2.72. The molecule has 2 aliphatic heterocycles. The molecule has 0 amide bonds. The average Bonchev–Trinajstić information content (AvgIpc) is 3.62. The Morgan fingerprint density at radius 3 is 1.95 bits per heavy atom. The van der Waals surface area contributed by atoms with Gasteiger partial charge < -0.3 is 19.3 Å². The van der Waals surface area contributed by atoms with E-state index in [0.29, 0.717) is 32.2 Å². The van der Waals surface area contributed by atoms with Gasteiger partial charge in [-0.25, -0.2) is 0 Å². The Hall–Kier alpha value is -1.40. The van der Waals surface area contributed by atoms with E-state index in [1.54, 1.807) is 6.92 Å². The van der Waals surface area contributed by atoms with Gasteiger partial charge in [-0.15, -0.1) is 0 Å². The van der Waals surface area contributed by atoms with Crippen molar-refractivity contribution in [3.8, 4) is 0 Å². The van der Waals surface area contributed by atoms with Crippen molar-refractivity contribution in [1.82, 2.24) is 0 Å². The fourth-order valence-electron chi connectivity index (χ4n) is 10.1. The monoisotopic (exact) mass is 596 g/mol. The number of esters is 2. The van der Waals surface area contributed by atoms with Crippen LogP contribution < -0.4 is 0 Å². The van der Waals surface area contributed by atoms with Crippen molar-refractivity contribution >= 4 is 11.9 Å². The smallest absolute Gasteiger partial charge is 0.393 e. The summed E-state index contributed by atoms with van der Waals surface area (Å²) in [4.78, 5) is 26.4. The molecular weight excluding hydrogens is 558 g/mol. The van der Waals surface area contributed by atoms with Crippen LogP contribution in [0.15, 0.2) is 0 Å². The zero-order valence-electron chi connectivity index (χ0n) is 23.3. The van der Waals surface area contributed by atoms with Gasteiger partial charge in [-0.1, -0.05) is 20.8 Å². The third-order valence-electron chi connectivity index (χ3n) is 12.0. The van der Waals surface area contributed by atoms with Crippen molar-refractivity contribution in [2.24, 2.45) is 70.5 Å². The molecule has 0 spiro atoms. The Morgan fingerprint density at radius 1 is 0.854 bits per heavy atom. The van der Waals surface area contributed by atoms with Gasteiger partial charge in [0.05, 0.1) is 37.8 Å². The van der Waals surface area contributed by atoms with E-state index < -0.39 is 65.9 Å². The van der Waals surface area contributed by atoms with Crippen LogP contribution in [0.5, 0.6) is 0 Å². The van der Waals surface area contributed by atoms with Crippen LogP contribution in [0, 0.1) is 70.5 Å². The first kappa shape index (κ1) is 29.7. The number of rotatable bonds is 7. The summed E-state index contributed by atoms with van der Waals surface area (Å²) in [5.41, 5.74) is -4.82. The van der Waals surface area contributed by atoms with E-state index >= 15 is 0 Å². The molecule has 41 heavy (non-hydrogen) atoms. The largest absolute Gasteiger partial charge is 0.426 e. The third-order valence-corrected chi connectivity index (χ3v) is 12.0. The summed E-state index contributed by atoms with van der Waals surface area (Å²) in [6, 6.07) is 0. The molecule has 12 unspecified atom stereocenters. The topological polar surface area (TPSA) is 82.1 Å². The van der Waals surface area contributed by atoms with Crippen LogP contribution in [0.4, 0.5) is 26.3 Å². The number of cyclic esters (lactones) is 2. The molecule has 6 fully saturated rings. The molecule has 12 atom stereocenters. The lowest BCUT2D eigenvalue weighted by Gasteiger charge is -2.44. The van der Waals surface area contributed by atoms with Gasteiger partial charge >= 0.3 is 24.3 Å². The molecule has 4 saturated carbocycles. The first-order valence-electron chi connectivity index (χ1n) is 14.8. The van der Waals surface area contributed by atoms with Crippen molar-refractivity contribution in [2.75, 3.05) is 19.8 Å². The molecular formula is C29H38F6O6. The second-order valence-electron chi connectivity index (χ2n) is 14.4.